The van der Waals surface area contributed by atoms with Gasteiger partial charge in [-0.25, -0.2) is 9.97 Å². The van der Waals surface area contributed by atoms with E-state index < -0.39 is 11.9 Å². The molecular weight excluding hydrogens is 401 g/mol. The summed E-state index contributed by atoms with van der Waals surface area (Å²) in [6, 6.07) is 5.98. The summed E-state index contributed by atoms with van der Waals surface area (Å²) in [4.78, 5) is 12.2. The number of hydrogen-bond acceptors (Lipinski definition) is 7. The zero-order chi connectivity index (χ0) is 21.7. The van der Waals surface area contributed by atoms with Crippen LogP contribution >= 0.6 is 0 Å². The van der Waals surface area contributed by atoms with Crippen LogP contribution in [0.15, 0.2) is 30.5 Å². The first-order valence-electron chi connectivity index (χ1n) is 9.06. The predicted molar refractivity (Wildman–Crippen MR) is 105 cm³/mol. The first-order valence-corrected chi connectivity index (χ1v) is 9.06. The standard InChI is InChI=1S/C20H21F3N4O3/c1-12-26-15-10-16(29-3)17(30-7-6-28-2)9-14(15)19(27-12)25-11-13-4-5-24-18(8-13)20(21,22)23/h4-5,8-10H,6-7,11H2,1-3H3,(H,25,26,27). The molecule has 7 nitrogen and oxygen atoms in total. The Kier molecular flexibility index (Phi) is 6.56. The Hall–Kier alpha value is -3.14. The van der Waals surface area contributed by atoms with Crippen LogP contribution in [-0.2, 0) is 17.5 Å². The topological polar surface area (TPSA) is 78.4 Å². The minimum atomic E-state index is -4.50. The minimum Gasteiger partial charge on any atom is -0.493 e. The Balaban J connectivity index is 1.92. The SMILES string of the molecule is COCCOc1cc2c(NCc3ccnc(C(F)(F)F)c3)nc(C)nc2cc1OC. The largest absolute Gasteiger partial charge is 0.493 e. The second-order valence-electron chi connectivity index (χ2n) is 6.38. The van der Waals surface area contributed by atoms with Gasteiger partial charge in [0.1, 0.15) is 23.9 Å². The summed E-state index contributed by atoms with van der Waals surface area (Å²) in [5, 5.41) is 3.74. The van der Waals surface area contributed by atoms with Gasteiger partial charge in [0.2, 0.25) is 0 Å². The van der Waals surface area contributed by atoms with E-state index in [0.29, 0.717) is 52.8 Å². The van der Waals surface area contributed by atoms with Gasteiger partial charge < -0.3 is 19.5 Å². The summed E-state index contributed by atoms with van der Waals surface area (Å²) in [7, 11) is 3.10. The van der Waals surface area contributed by atoms with Gasteiger partial charge >= 0.3 is 6.18 Å². The number of anilines is 1. The molecule has 0 radical (unpaired) electrons. The van der Waals surface area contributed by atoms with Crippen LogP contribution in [0, 0.1) is 6.92 Å². The monoisotopic (exact) mass is 422 g/mol. The number of rotatable bonds is 8. The lowest BCUT2D eigenvalue weighted by Crippen LogP contribution is -2.10. The molecule has 0 aliphatic heterocycles. The van der Waals surface area contributed by atoms with Crippen LogP contribution in [0.25, 0.3) is 10.9 Å². The van der Waals surface area contributed by atoms with Crippen LogP contribution < -0.4 is 14.8 Å². The van der Waals surface area contributed by atoms with Crippen molar-refractivity contribution in [2.75, 3.05) is 32.8 Å². The van der Waals surface area contributed by atoms with Gasteiger partial charge in [-0.15, -0.1) is 0 Å². The molecule has 0 aliphatic carbocycles. The fourth-order valence-corrected chi connectivity index (χ4v) is 2.82. The van der Waals surface area contributed by atoms with Gasteiger partial charge in [-0.05, 0) is 30.7 Å². The van der Waals surface area contributed by atoms with Gasteiger partial charge in [0.15, 0.2) is 11.5 Å². The summed E-state index contributed by atoms with van der Waals surface area (Å²) >= 11 is 0. The Morgan fingerprint density at radius 1 is 1.03 bits per heavy atom. The molecule has 2 heterocycles. The quantitative estimate of drug-likeness (QED) is 0.550. The van der Waals surface area contributed by atoms with E-state index in [9.17, 15) is 13.2 Å². The molecule has 0 aliphatic rings. The fourth-order valence-electron chi connectivity index (χ4n) is 2.82. The first-order chi connectivity index (χ1) is 14.3. The van der Waals surface area contributed by atoms with E-state index in [1.807, 2.05) is 0 Å². The molecule has 1 N–H and O–H groups in total. The second-order valence-corrected chi connectivity index (χ2v) is 6.38. The fraction of sp³-hybridized carbons (Fsp3) is 0.350. The van der Waals surface area contributed by atoms with E-state index >= 15 is 0 Å². The number of benzene rings is 1. The highest BCUT2D eigenvalue weighted by Gasteiger charge is 2.32. The maximum atomic E-state index is 12.9. The number of halogens is 3. The highest BCUT2D eigenvalue weighted by Crippen LogP contribution is 2.34. The van der Waals surface area contributed by atoms with Crippen molar-refractivity contribution in [1.82, 2.24) is 15.0 Å². The Bertz CT molecular complexity index is 1030. The summed E-state index contributed by atoms with van der Waals surface area (Å²) in [5.41, 5.74) is 0.0996. The number of aryl methyl sites for hydroxylation is 1. The lowest BCUT2D eigenvalue weighted by molar-refractivity contribution is -0.141. The summed E-state index contributed by atoms with van der Waals surface area (Å²) in [6.45, 7) is 2.59. The second kappa shape index (κ2) is 9.12. The third-order valence-electron chi connectivity index (χ3n) is 4.21. The average Bonchev–Trinajstić information content (AvgIpc) is 2.71. The van der Waals surface area contributed by atoms with Gasteiger partial charge in [-0.2, -0.15) is 13.2 Å². The number of nitrogens with one attached hydrogen (secondary N) is 1. The van der Waals surface area contributed by atoms with Crippen molar-refractivity contribution in [1.29, 1.82) is 0 Å². The van der Waals surface area contributed by atoms with E-state index in [1.54, 1.807) is 26.2 Å². The number of pyridine rings is 1. The van der Waals surface area contributed by atoms with Gasteiger partial charge in [0.25, 0.3) is 0 Å². The van der Waals surface area contributed by atoms with E-state index in [1.165, 1.54) is 13.2 Å². The Labute approximate surface area is 171 Å². The summed E-state index contributed by atoms with van der Waals surface area (Å²) in [6.07, 6.45) is -3.37. The molecule has 160 valence electrons. The van der Waals surface area contributed by atoms with Crippen molar-refractivity contribution in [3.8, 4) is 11.5 Å². The minimum absolute atomic E-state index is 0.128. The normalized spacial score (nSPS) is 11.5. The van der Waals surface area contributed by atoms with Gasteiger partial charge in [-0.1, -0.05) is 0 Å². The molecular formula is C20H21F3N4O3. The maximum absolute atomic E-state index is 12.9. The zero-order valence-electron chi connectivity index (χ0n) is 16.7. The number of aromatic nitrogens is 3. The summed E-state index contributed by atoms with van der Waals surface area (Å²) < 4.78 is 54.8. The molecule has 0 saturated heterocycles. The Morgan fingerprint density at radius 3 is 2.53 bits per heavy atom. The molecule has 2 aromatic heterocycles. The van der Waals surface area contributed by atoms with Crippen LogP contribution in [-0.4, -0.2) is 42.4 Å². The number of methoxy groups -OCH3 is 2. The predicted octanol–water partition coefficient (Wildman–Crippen LogP) is 4.00. The number of nitrogens with zero attached hydrogens (tertiary/aromatic N) is 3. The van der Waals surface area contributed by atoms with Crippen LogP contribution in [0.3, 0.4) is 0 Å². The van der Waals surface area contributed by atoms with Gasteiger partial charge in [-0.3, -0.25) is 4.98 Å². The average molecular weight is 422 g/mol. The zero-order valence-corrected chi connectivity index (χ0v) is 16.7. The molecule has 0 spiro atoms. The van der Waals surface area contributed by atoms with E-state index in [4.69, 9.17) is 14.2 Å². The molecule has 0 saturated carbocycles. The lowest BCUT2D eigenvalue weighted by Gasteiger charge is -2.15. The molecule has 0 atom stereocenters. The first kappa shape index (κ1) is 21.6. The number of hydrogen-bond donors (Lipinski definition) is 1. The molecule has 0 amide bonds. The third-order valence-corrected chi connectivity index (χ3v) is 4.21. The molecule has 30 heavy (non-hydrogen) atoms. The highest BCUT2D eigenvalue weighted by atomic mass is 19.4. The molecule has 3 rings (SSSR count). The maximum Gasteiger partial charge on any atom is 0.433 e. The molecule has 0 bridgehead atoms. The smallest absolute Gasteiger partial charge is 0.433 e. The van der Waals surface area contributed by atoms with Crippen LogP contribution in [0.5, 0.6) is 11.5 Å². The highest BCUT2D eigenvalue weighted by molar-refractivity contribution is 5.91. The van der Waals surface area contributed by atoms with E-state index in [0.717, 1.165) is 12.3 Å². The van der Waals surface area contributed by atoms with Crippen LogP contribution in [0.2, 0.25) is 0 Å². The molecule has 0 unspecified atom stereocenters. The van der Waals surface area contributed by atoms with Gasteiger partial charge in [0, 0.05) is 31.3 Å². The number of ether oxygens (including phenoxy) is 3. The molecule has 10 heteroatoms. The Morgan fingerprint density at radius 2 is 1.83 bits per heavy atom. The van der Waals surface area contributed by atoms with Gasteiger partial charge in [0.05, 0.1) is 19.2 Å². The van der Waals surface area contributed by atoms with Crippen molar-refractivity contribution in [2.45, 2.75) is 19.6 Å². The lowest BCUT2D eigenvalue weighted by atomic mass is 10.2. The molecule has 1 aromatic carbocycles. The van der Waals surface area contributed by atoms with E-state index in [-0.39, 0.29) is 6.54 Å². The van der Waals surface area contributed by atoms with Crippen molar-refractivity contribution in [2.24, 2.45) is 0 Å². The summed E-state index contributed by atoms with van der Waals surface area (Å²) in [5.74, 6) is 1.97. The number of fused-ring (bicyclic) bond motifs is 1. The van der Waals surface area contributed by atoms with Crippen molar-refractivity contribution < 1.29 is 27.4 Å². The van der Waals surface area contributed by atoms with Crippen molar-refractivity contribution >= 4 is 16.7 Å². The van der Waals surface area contributed by atoms with Crippen molar-refractivity contribution in [3.63, 3.8) is 0 Å². The molecule has 0 fully saturated rings. The number of alkyl halides is 3. The van der Waals surface area contributed by atoms with Crippen molar-refractivity contribution in [3.05, 3.63) is 47.5 Å². The van der Waals surface area contributed by atoms with E-state index in [2.05, 4.69) is 20.3 Å². The van der Waals surface area contributed by atoms with Crippen LogP contribution in [0.1, 0.15) is 17.1 Å². The van der Waals surface area contributed by atoms with Crippen LogP contribution in [0.4, 0.5) is 19.0 Å². The molecule has 3 aromatic rings. The third kappa shape index (κ3) is 5.07.